The molecule has 0 saturated carbocycles. The number of benzene rings is 2. The fourth-order valence-electron chi connectivity index (χ4n) is 2.98. The molecule has 2 aromatic carbocycles. The van der Waals surface area contributed by atoms with Gasteiger partial charge in [0.25, 0.3) is 0 Å². The van der Waals surface area contributed by atoms with Crippen LogP contribution in [-0.2, 0) is 12.8 Å². The predicted octanol–water partition coefficient (Wildman–Crippen LogP) is 4.53. The van der Waals surface area contributed by atoms with Gasteiger partial charge in [-0.3, -0.25) is 0 Å². The normalized spacial score (nSPS) is 11.0. The van der Waals surface area contributed by atoms with E-state index >= 15 is 0 Å². The molecule has 2 heterocycles. The van der Waals surface area contributed by atoms with Crippen molar-refractivity contribution in [3.05, 3.63) is 60.0 Å². The first-order valence-corrected chi connectivity index (χ1v) is 10.3. The predicted molar refractivity (Wildman–Crippen MR) is 112 cm³/mol. The molecule has 29 heavy (non-hydrogen) atoms. The Hall–Kier alpha value is -3.13. The minimum absolute atomic E-state index is 0.504. The number of para-hydroxylation sites is 1. The van der Waals surface area contributed by atoms with E-state index in [-0.39, 0.29) is 0 Å². The molecular formula is C21H21N5O2S. The van der Waals surface area contributed by atoms with Crippen LogP contribution >= 0.6 is 11.8 Å². The van der Waals surface area contributed by atoms with Crippen LogP contribution in [-0.4, -0.2) is 31.5 Å². The summed E-state index contributed by atoms with van der Waals surface area (Å²) in [6, 6.07) is 15.8. The molecule has 8 heteroatoms. The summed E-state index contributed by atoms with van der Waals surface area (Å²) in [7, 11) is 1.96. The summed E-state index contributed by atoms with van der Waals surface area (Å²) in [5.74, 6) is 3.12. The number of thioether (sulfide) groups is 1. The summed E-state index contributed by atoms with van der Waals surface area (Å²) < 4.78 is 13.1. The van der Waals surface area contributed by atoms with Crippen LogP contribution < -0.4 is 4.74 Å². The van der Waals surface area contributed by atoms with Gasteiger partial charge >= 0.3 is 0 Å². The van der Waals surface area contributed by atoms with Crippen molar-refractivity contribution in [3.8, 4) is 28.5 Å². The highest BCUT2D eigenvalue weighted by Crippen LogP contribution is 2.30. The molecule has 0 amide bonds. The van der Waals surface area contributed by atoms with E-state index in [0.29, 0.717) is 24.1 Å². The molecule has 0 spiro atoms. The SMILES string of the molecule is CCOc1ccccc1-c1noc(CSc2nnc(-c3ccccc3C)n2C)n1. The van der Waals surface area contributed by atoms with E-state index in [1.807, 2.05) is 61.0 Å². The summed E-state index contributed by atoms with van der Waals surface area (Å²) >= 11 is 1.51. The third-order valence-electron chi connectivity index (χ3n) is 4.44. The zero-order chi connectivity index (χ0) is 20.2. The highest BCUT2D eigenvalue weighted by Gasteiger charge is 2.16. The third-order valence-corrected chi connectivity index (χ3v) is 5.45. The standard InChI is InChI=1S/C21H21N5O2S/c1-4-27-17-12-8-7-11-16(17)19-22-18(28-25-19)13-29-21-24-23-20(26(21)3)15-10-6-5-9-14(15)2/h5-12H,4,13H2,1-3H3. The first-order chi connectivity index (χ1) is 14.2. The minimum Gasteiger partial charge on any atom is -0.493 e. The van der Waals surface area contributed by atoms with Gasteiger partial charge < -0.3 is 13.8 Å². The fourth-order valence-corrected chi connectivity index (χ4v) is 3.73. The summed E-state index contributed by atoms with van der Waals surface area (Å²) in [5.41, 5.74) is 3.05. The molecule has 0 saturated heterocycles. The van der Waals surface area contributed by atoms with Gasteiger partial charge in [-0.2, -0.15) is 4.98 Å². The second-order valence-electron chi connectivity index (χ2n) is 6.41. The van der Waals surface area contributed by atoms with Gasteiger partial charge in [-0.25, -0.2) is 0 Å². The average molecular weight is 407 g/mol. The Kier molecular flexibility index (Phi) is 5.62. The smallest absolute Gasteiger partial charge is 0.237 e. The molecule has 0 aliphatic rings. The molecule has 0 atom stereocenters. The van der Waals surface area contributed by atoms with E-state index in [0.717, 1.165) is 33.4 Å². The maximum atomic E-state index is 5.65. The van der Waals surface area contributed by atoms with Crippen LogP contribution in [0.2, 0.25) is 0 Å². The molecule has 0 N–H and O–H groups in total. The summed E-state index contributed by atoms with van der Waals surface area (Å²) in [5, 5.41) is 13.6. The van der Waals surface area contributed by atoms with Crippen LogP contribution in [0.4, 0.5) is 0 Å². The maximum Gasteiger partial charge on any atom is 0.237 e. The second kappa shape index (κ2) is 8.48. The van der Waals surface area contributed by atoms with Crippen molar-refractivity contribution in [2.45, 2.75) is 24.8 Å². The summed E-state index contributed by atoms with van der Waals surface area (Å²) in [6.45, 7) is 4.59. The van der Waals surface area contributed by atoms with Gasteiger partial charge in [0.2, 0.25) is 11.7 Å². The monoisotopic (exact) mass is 407 g/mol. The molecule has 0 fully saturated rings. The van der Waals surface area contributed by atoms with Crippen molar-refractivity contribution in [1.82, 2.24) is 24.9 Å². The highest BCUT2D eigenvalue weighted by atomic mass is 32.2. The molecule has 0 aliphatic carbocycles. The van der Waals surface area contributed by atoms with Crippen molar-refractivity contribution < 1.29 is 9.26 Å². The number of rotatable bonds is 7. The number of aromatic nitrogens is 5. The van der Waals surface area contributed by atoms with Gasteiger partial charge in [-0.15, -0.1) is 10.2 Å². The van der Waals surface area contributed by atoms with Crippen molar-refractivity contribution in [3.63, 3.8) is 0 Å². The third kappa shape index (κ3) is 4.02. The van der Waals surface area contributed by atoms with Crippen LogP contribution in [0.25, 0.3) is 22.8 Å². The van der Waals surface area contributed by atoms with Gasteiger partial charge in [0.1, 0.15) is 5.75 Å². The lowest BCUT2D eigenvalue weighted by Gasteiger charge is -2.06. The van der Waals surface area contributed by atoms with E-state index < -0.39 is 0 Å². The highest BCUT2D eigenvalue weighted by molar-refractivity contribution is 7.98. The van der Waals surface area contributed by atoms with E-state index in [1.54, 1.807) is 0 Å². The van der Waals surface area contributed by atoms with Gasteiger partial charge in [-0.05, 0) is 31.5 Å². The molecule has 7 nitrogen and oxygen atoms in total. The molecule has 148 valence electrons. The lowest BCUT2D eigenvalue weighted by atomic mass is 10.1. The molecule has 4 aromatic rings. The van der Waals surface area contributed by atoms with Gasteiger partial charge in [0.15, 0.2) is 11.0 Å². The van der Waals surface area contributed by atoms with E-state index in [9.17, 15) is 0 Å². The van der Waals surface area contributed by atoms with E-state index in [1.165, 1.54) is 11.8 Å². The van der Waals surface area contributed by atoms with Crippen molar-refractivity contribution in [1.29, 1.82) is 0 Å². The van der Waals surface area contributed by atoms with Gasteiger partial charge in [0.05, 0.1) is 17.9 Å². The average Bonchev–Trinajstić information content (AvgIpc) is 3.34. The first kappa shape index (κ1) is 19.2. The number of nitrogens with zero attached hydrogens (tertiary/aromatic N) is 5. The Labute approximate surface area is 173 Å². The van der Waals surface area contributed by atoms with Crippen molar-refractivity contribution >= 4 is 11.8 Å². The lowest BCUT2D eigenvalue weighted by Crippen LogP contribution is -1.96. The molecule has 0 unspecified atom stereocenters. The maximum absolute atomic E-state index is 5.65. The number of aryl methyl sites for hydroxylation is 1. The lowest BCUT2D eigenvalue weighted by molar-refractivity contribution is 0.341. The second-order valence-corrected chi connectivity index (χ2v) is 7.35. The molecular weight excluding hydrogens is 386 g/mol. The Morgan fingerprint density at radius 2 is 1.79 bits per heavy atom. The molecule has 4 rings (SSSR count). The number of hydrogen-bond donors (Lipinski definition) is 0. The molecule has 0 bridgehead atoms. The Morgan fingerprint density at radius 3 is 2.59 bits per heavy atom. The molecule has 0 radical (unpaired) electrons. The molecule has 0 aliphatic heterocycles. The van der Waals surface area contributed by atoms with Crippen molar-refractivity contribution in [2.75, 3.05) is 6.61 Å². The number of hydrogen-bond acceptors (Lipinski definition) is 7. The quantitative estimate of drug-likeness (QED) is 0.416. The first-order valence-electron chi connectivity index (χ1n) is 9.30. The zero-order valence-corrected chi connectivity index (χ0v) is 17.3. The summed E-state index contributed by atoms with van der Waals surface area (Å²) in [6.07, 6.45) is 0. The van der Waals surface area contributed by atoms with Crippen LogP contribution in [0.1, 0.15) is 18.4 Å². The van der Waals surface area contributed by atoms with Crippen LogP contribution in [0, 0.1) is 6.92 Å². The van der Waals surface area contributed by atoms with Crippen LogP contribution in [0.5, 0.6) is 5.75 Å². The fraction of sp³-hybridized carbons (Fsp3) is 0.238. The zero-order valence-electron chi connectivity index (χ0n) is 16.5. The summed E-state index contributed by atoms with van der Waals surface area (Å²) in [4.78, 5) is 4.51. The van der Waals surface area contributed by atoms with Crippen LogP contribution in [0.15, 0.2) is 58.2 Å². The Morgan fingerprint density at radius 1 is 1.03 bits per heavy atom. The van der Waals surface area contributed by atoms with Gasteiger partial charge in [0, 0.05) is 12.6 Å². The van der Waals surface area contributed by atoms with Crippen molar-refractivity contribution in [2.24, 2.45) is 7.05 Å². The minimum atomic E-state index is 0.504. The Bertz CT molecular complexity index is 1120. The van der Waals surface area contributed by atoms with Gasteiger partial charge in [-0.1, -0.05) is 53.3 Å². The van der Waals surface area contributed by atoms with E-state index in [2.05, 4.69) is 33.3 Å². The van der Waals surface area contributed by atoms with E-state index in [4.69, 9.17) is 9.26 Å². The topological polar surface area (TPSA) is 78.9 Å². The van der Waals surface area contributed by atoms with Crippen LogP contribution in [0.3, 0.4) is 0 Å². The Balaban J connectivity index is 1.50. The number of ether oxygens (including phenoxy) is 1. The molecule has 2 aromatic heterocycles. The largest absolute Gasteiger partial charge is 0.493 e.